The zero-order valence-corrected chi connectivity index (χ0v) is 14.8. The van der Waals surface area contributed by atoms with Crippen LogP contribution in [-0.2, 0) is 0 Å². The maximum absolute atomic E-state index is 13.3. The molecule has 3 N–H and O–H groups in total. The van der Waals surface area contributed by atoms with E-state index in [4.69, 9.17) is 11.6 Å². The summed E-state index contributed by atoms with van der Waals surface area (Å²) in [5.41, 5.74) is 1.95. The van der Waals surface area contributed by atoms with Crippen molar-refractivity contribution >= 4 is 29.3 Å². The van der Waals surface area contributed by atoms with Gasteiger partial charge in [0.2, 0.25) is 11.9 Å². The summed E-state index contributed by atoms with van der Waals surface area (Å²) < 4.78 is 13.3. The predicted octanol–water partition coefficient (Wildman–Crippen LogP) is 4.18. The Hall–Kier alpha value is -2.74. The first-order valence-electron chi connectivity index (χ1n) is 8.31. The van der Waals surface area contributed by atoms with Gasteiger partial charge in [-0.1, -0.05) is 17.7 Å². The van der Waals surface area contributed by atoms with Crippen molar-refractivity contribution in [1.82, 2.24) is 25.1 Å². The van der Waals surface area contributed by atoms with Crippen LogP contribution in [0.4, 0.5) is 22.1 Å². The Balaban J connectivity index is 1.45. The Kier molecular flexibility index (Phi) is 4.42. The van der Waals surface area contributed by atoms with E-state index in [2.05, 4.69) is 35.8 Å². The fourth-order valence-electron chi connectivity index (χ4n) is 2.60. The summed E-state index contributed by atoms with van der Waals surface area (Å²) in [5, 5.41) is 13.5. The number of halogens is 2. The van der Waals surface area contributed by atoms with Crippen molar-refractivity contribution in [1.29, 1.82) is 0 Å². The maximum atomic E-state index is 13.3. The molecule has 9 heteroatoms. The van der Waals surface area contributed by atoms with Gasteiger partial charge in [-0.2, -0.15) is 10.1 Å². The number of hydrogen-bond acceptors (Lipinski definition) is 6. The first kappa shape index (κ1) is 16.7. The third kappa shape index (κ3) is 3.75. The Morgan fingerprint density at radius 3 is 2.81 bits per heavy atom. The molecule has 0 amide bonds. The van der Waals surface area contributed by atoms with Gasteiger partial charge in [-0.15, -0.1) is 0 Å². The highest BCUT2D eigenvalue weighted by Crippen LogP contribution is 2.39. The molecule has 1 aliphatic rings. The highest BCUT2D eigenvalue weighted by atomic mass is 35.5. The first-order valence-corrected chi connectivity index (χ1v) is 8.69. The number of aromatic nitrogens is 5. The van der Waals surface area contributed by atoms with E-state index in [1.165, 1.54) is 25.2 Å². The molecule has 0 bridgehead atoms. The average Bonchev–Trinajstić information content (AvgIpc) is 3.37. The highest BCUT2D eigenvalue weighted by molar-refractivity contribution is 6.30. The zero-order valence-electron chi connectivity index (χ0n) is 14.0. The molecule has 0 aliphatic heterocycles. The van der Waals surface area contributed by atoms with Crippen molar-refractivity contribution in [2.45, 2.75) is 31.7 Å². The number of benzene rings is 1. The Bertz CT molecular complexity index is 925. The lowest BCUT2D eigenvalue weighted by Crippen LogP contribution is -2.11. The van der Waals surface area contributed by atoms with Crippen LogP contribution in [-0.4, -0.2) is 25.1 Å². The van der Waals surface area contributed by atoms with E-state index in [-0.39, 0.29) is 11.1 Å². The first-order chi connectivity index (χ1) is 12.6. The van der Waals surface area contributed by atoms with Crippen LogP contribution < -0.4 is 10.6 Å². The van der Waals surface area contributed by atoms with Gasteiger partial charge in [0, 0.05) is 17.7 Å². The molecule has 1 aliphatic carbocycles. The van der Waals surface area contributed by atoms with Crippen LogP contribution in [0.5, 0.6) is 0 Å². The molecule has 134 valence electrons. The summed E-state index contributed by atoms with van der Waals surface area (Å²) in [6.45, 7) is 1.91. The minimum absolute atomic E-state index is 0.0825. The Labute approximate surface area is 154 Å². The normalized spacial score (nSPS) is 14.9. The van der Waals surface area contributed by atoms with Crippen molar-refractivity contribution in [2.24, 2.45) is 0 Å². The molecule has 3 aromatic rings. The van der Waals surface area contributed by atoms with Gasteiger partial charge in [-0.05, 0) is 37.5 Å². The quantitative estimate of drug-likeness (QED) is 0.600. The molecular formula is C17H17ClFN7. The van der Waals surface area contributed by atoms with Gasteiger partial charge in [0.05, 0.1) is 11.1 Å². The number of H-pyrrole nitrogens is 1. The molecule has 0 radical (unpaired) electrons. The van der Waals surface area contributed by atoms with Crippen molar-refractivity contribution in [3.63, 3.8) is 0 Å². The number of aromatic amines is 1. The standard InChI is InChI=1S/C17H17ClFN7/c1-9(11-4-5-13(19)12(18)6-11)22-16-20-8-21-17(24-16)23-15-7-14(25-26-15)10-2-3-10/h4-10H,2-3H2,1H3,(H3,20,21,22,23,24,25,26). The molecule has 0 spiro atoms. The van der Waals surface area contributed by atoms with Gasteiger partial charge < -0.3 is 10.6 Å². The van der Waals surface area contributed by atoms with Crippen LogP contribution in [0.25, 0.3) is 0 Å². The van der Waals surface area contributed by atoms with Crippen LogP contribution in [0, 0.1) is 5.82 Å². The predicted molar refractivity (Wildman–Crippen MR) is 97.1 cm³/mol. The molecule has 4 rings (SSSR count). The molecule has 1 fully saturated rings. The summed E-state index contributed by atoms with van der Waals surface area (Å²) in [6.07, 6.45) is 3.82. The number of hydrogen-bond donors (Lipinski definition) is 3. The van der Waals surface area contributed by atoms with Gasteiger partial charge in [0.25, 0.3) is 0 Å². The second kappa shape index (κ2) is 6.87. The summed E-state index contributed by atoms with van der Waals surface area (Å²) in [5.74, 6) is 1.60. The van der Waals surface area contributed by atoms with Gasteiger partial charge in [-0.3, -0.25) is 5.10 Å². The minimum Gasteiger partial charge on any atom is -0.348 e. The van der Waals surface area contributed by atoms with Crippen molar-refractivity contribution in [3.05, 3.63) is 52.7 Å². The monoisotopic (exact) mass is 373 g/mol. The largest absolute Gasteiger partial charge is 0.348 e. The Morgan fingerprint density at radius 2 is 2.04 bits per heavy atom. The van der Waals surface area contributed by atoms with Crippen LogP contribution in [0.3, 0.4) is 0 Å². The number of nitrogens with one attached hydrogen (secondary N) is 3. The Morgan fingerprint density at radius 1 is 1.23 bits per heavy atom. The van der Waals surface area contributed by atoms with Crippen molar-refractivity contribution in [3.8, 4) is 0 Å². The van der Waals surface area contributed by atoms with E-state index in [0.29, 0.717) is 23.6 Å². The summed E-state index contributed by atoms with van der Waals surface area (Å²) in [6, 6.07) is 6.40. The summed E-state index contributed by atoms with van der Waals surface area (Å²) in [7, 11) is 0. The second-order valence-corrected chi connectivity index (χ2v) is 6.69. The van der Waals surface area contributed by atoms with E-state index in [1.807, 2.05) is 13.0 Å². The van der Waals surface area contributed by atoms with Crippen LogP contribution in [0.2, 0.25) is 5.02 Å². The van der Waals surface area contributed by atoms with Crippen molar-refractivity contribution < 1.29 is 4.39 Å². The molecule has 1 atom stereocenters. The highest BCUT2D eigenvalue weighted by Gasteiger charge is 2.25. The van der Waals surface area contributed by atoms with Gasteiger partial charge in [0.15, 0.2) is 5.82 Å². The average molecular weight is 374 g/mol. The lowest BCUT2D eigenvalue weighted by atomic mass is 10.1. The summed E-state index contributed by atoms with van der Waals surface area (Å²) in [4.78, 5) is 12.6. The number of anilines is 3. The molecule has 2 aromatic heterocycles. The molecule has 7 nitrogen and oxygen atoms in total. The lowest BCUT2D eigenvalue weighted by Gasteiger charge is -2.14. The van der Waals surface area contributed by atoms with Gasteiger partial charge in [0.1, 0.15) is 12.1 Å². The third-order valence-electron chi connectivity index (χ3n) is 4.22. The fourth-order valence-corrected chi connectivity index (χ4v) is 2.79. The van der Waals surface area contributed by atoms with E-state index >= 15 is 0 Å². The van der Waals surface area contributed by atoms with Crippen LogP contribution in [0.1, 0.15) is 43.0 Å². The van der Waals surface area contributed by atoms with E-state index < -0.39 is 5.82 Å². The third-order valence-corrected chi connectivity index (χ3v) is 4.51. The molecule has 0 saturated heterocycles. The summed E-state index contributed by atoms with van der Waals surface area (Å²) >= 11 is 5.84. The van der Waals surface area contributed by atoms with Crippen molar-refractivity contribution in [2.75, 3.05) is 10.6 Å². The van der Waals surface area contributed by atoms with E-state index in [9.17, 15) is 4.39 Å². The molecule has 1 saturated carbocycles. The molecule has 1 unspecified atom stereocenters. The zero-order chi connectivity index (χ0) is 18.1. The lowest BCUT2D eigenvalue weighted by molar-refractivity contribution is 0.627. The topological polar surface area (TPSA) is 91.4 Å². The molecule has 26 heavy (non-hydrogen) atoms. The van der Waals surface area contributed by atoms with E-state index in [1.54, 1.807) is 12.1 Å². The maximum Gasteiger partial charge on any atom is 0.233 e. The molecule has 2 heterocycles. The molecule has 1 aromatic carbocycles. The smallest absolute Gasteiger partial charge is 0.233 e. The second-order valence-electron chi connectivity index (χ2n) is 6.28. The van der Waals surface area contributed by atoms with Gasteiger partial charge in [-0.25, -0.2) is 14.4 Å². The number of nitrogens with zero attached hydrogens (tertiary/aromatic N) is 4. The van der Waals surface area contributed by atoms with Gasteiger partial charge >= 0.3 is 0 Å². The van der Waals surface area contributed by atoms with Crippen LogP contribution in [0.15, 0.2) is 30.6 Å². The minimum atomic E-state index is -0.446. The van der Waals surface area contributed by atoms with Crippen LogP contribution >= 0.6 is 11.6 Å². The van der Waals surface area contributed by atoms with E-state index in [0.717, 1.165) is 11.3 Å². The fraction of sp³-hybridized carbons (Fsp3) is 0.294. The molecular weight excluding hydrogens is 357 g/mol. The number of rotatable bonds is 6. The SMILES string of the molecule is CC(Nc1ncnc(Nc2cc(C3CC3)[nH]n2)n1)c1ccc(F)c(Cl)c1.